The Morgan fingerprint density at radius 3 is 2.17 bits per heavy atom. The predicted molar refractivity (Wildman–Crippen MR) is 125 cm³/mol. The number of carboxylic acid groups (broad SMARTS) is 1. The average molecular weight is 432 g/mol. The Balaban J connectivity index is 2.42. The molecule has 0 aromatic carbocycles. The van der Waals surface area contributed by atoms with Gasteiger partial charge in [-0.15, -0.1) is 12.6 Å². The van der Waals surface area contributed by atoms with E-state index < -0.39 is 5.97 Å². The number of thiol groups is 1. The minimum Gasteiger partial charge on any atom is -0.477 e. The molecule has 2 aliphatic carbocycles. The first-order chi connectivity index (χ1) is 14.1. The predicted octanol–water partition coefficient (Wildman–Crippen LogP) is 5.81. The number of amides is 1. The van der Waals surface area contributed by atoms with Crippen LogP contribution in [0.5, 0.6) is 0 Å². The molecule has 0 aromatic rings. The van der Waals surface area contributed by atoms with E-state index >= 15 is 0 Å². The van der Waals surface area contributed by atoms with E-state index in [1.54, 1.807) is 17.1 Å². The van der Waals surface area contributed by atoms with Gasteiger partial charge in [-0.1, -0.05) is 38.0 Å². The van der Waals surface area contributed by atoms with E-state index in [9.17, 15) is 14.7 Å². The van der Waals surface area contributed by atoms with Gasteiger partial charge in [0, 0.05) is 17.4 Å². The fraction of sp³-hybridized carbons (Fsp3) is 0.680. The van der Waals surface area contributed by atoms with Crippen molar-refractivity contribution in [2.45, 2.75) is 91.5 Å². The van der Waals surface area contributed by atoms with Crippen LogP contribution in [0.4, 0.5) is 0 Å². The normalized spacial score (nSPS) is 24.0. The Morgan fingerprint density at radius 2 is 1.63 bits per heavy atom. The Morgan fingerprint density at radius 1 is 1.03 bits per heavy atom. The summed E-state index contributed by atoms with van der Waals surface area (Å²) >= 11 is 4.30. The molecule has 2 fully saturated rings. The standard InChI is InChI=1S/C25H37NO3S/c1-18-13-15-19(16-14-18)23(27)26(20-10-6-5-7-11-20)21(22(30)24(28)29)12-8-9-17-25(2,3)4/h8,12,18-20,30H,5-7,10-11,13-16H2,1-4H3,(H,28,29)/b12-8+,22-21+. The number of carboxylic acids is 1. The van der Waals surface area contributed by atoms with Crippen LogP contribution in [-0.2, 0) is 9.59 Å². The van der Waals surface area contributed by atoms with E-state index in [4.69, 9.17) is 0 Å². The fourth-order valence-corrected chi connectivity index (χ4v) is 4.48. The van der Waals surface area contributed by atoms with Gasteiger partial charge in [0.25, 0.3) is 0 Å². The first-order valence-electron chi connectivity index (χ1n) is 11.3. The number of aliphatic carboxylic acids is 1. The maximum absolute atomic E-state index is 13.7. The highest BCUT2D eigenvalue weighted by atomic mass is 32.1. The molecular formula is C25H37NO3S. The van der Waals surface area contributed by atoms with Gasteiger partial charge in [0.2, 0.25) is 5.91 Å². The minimum absolute atomic E-state index is 0.0299. The Kier molecular flexibility index (Phi) is 9.09. The third-order valence-electron chi connectivity index (χ3n) is 6.02. The molecule has 30 heavy (non-hydrogen) atoms. The highest BCUT2D eigenvalue weighted by molar-refractivity contribution is 7.85. The van der Waals surface area contributed by atoms with E-state index in [0.717, 1.165) is 57.8 Å². The second-order valence-electron chi connectivity index (χ2n) is 9.85. The summed E-state index contributed by atoms with van der Waals surface area (Å²) in [4.78, 5) is 27.2. The van der Waals surface area contributed by atoms with Crippen LogP contribution in [0.1, 0.15) is 85.5 Å². The van der Waals surface area contributed by atoms with E-state index in [-0.39, 0.29) is 28.2 Å². The second kappa shape index (κ2) is 11.1. The lowest BCUT2D eigenvalue weighted by molar-refractivity contribution is -0.137. The molecule has 2 rings (SSSR count). The summed E-state index contributed by atoms with van der Waals surface area (Å²) in [6, 6.07) is 0.0299. The van der Waals surface area contributed by atoms with E-state index in [2.05, 4.69) is 31.4 Å². The number of hydrogen-bond acceptors (Lipinski definition) is 3. The third kappa shape index (κ3) is 7.23. The number of rotatable bonds is 5. The number of nitrogens with zero attached hydrogens (tertiary/aromatic N) is 1. The molecule has 166 valence electrons. The average Bonchev–Trinajstić information content (AvgIpc) is 2.69. The van der Waals surface area contributed by atoms with Crippen molar-refractivity contribution < 1.29 is 14.7 Å². The zero-order valence-corrected chi connectivity index (χ0v) is 19.8. The van der Waals surface area contributed by atoms with E-state index in [1.807, 2.05) is 20.8 Å². The lowest BCUT2D eigenvalue weighted by atomic mass is 9.81. The van der Waals surface area contributed by atoms with Crippen LogP contribution >= 0.6 is 12.6 Å². The van der Waals surface area contributed by atoms with Gasteiger partial charge in [-0.3, -0.25) is 4.79 Å². The fourth-order valence-electron chi connectivity index (χ4n) is 4.30. The van der Waals surface area contributed by atoms with Crippen molar-refractivity contribution in [3.63, 3.8) is 0 Å². The molecule has 0 saturated heterocycles. The van der Waals surface area contributed by atoms with Crippen molar-refractivity contribution in [2.24, 2.45) is 17.3 Å². The summed E-state index contributed by atoms with van der Waals surface area (Å²) < 4.78 is 0. The Hall–Kier alpha value is -1.67. The molecule has 0 heterocycles. The van der Waals surface area contributed by atoms with E-state index in [0.29, 0.717) is 11.6 Å². The van der Waals surface area contributed by atoms with Crippen molar-refractivity contribution in [1.29, 1.82) is 0 Å². The van der Waals surface area contributed by atoms with Crippen molar-refractivity contribution in [3.05, 3.63) is 22.8 Å². The molecule has 0 atom stereocenters. The molecule has 2 aliphatic rings. The van der Waals surface area contributed by atoms with Gasteiger partial charge in [0.05, 0.1) is 5.70 Å². The quantitative estimate of drug-likeness (QED) is 0.250. The lowest BCUT2D eigenvalue weighted by Gasteiger charge is -2.39. The summed E-state index contributed by atoms with van der Waals surface area (Å²) in [5.74, 6) is 5.68. The number of hydrogen-bond donors (Lipinski definition) is 2. The van der Waals surface area contributed by atoms with E-state index in [1.165, 1.54) is 0 Å². The second-order valence-corrected chi connectivity index (χ2v) is 10.3. The molecule has 1 N–H and O–H groups in total. The molecule has 0 aliphatic heterocycles. The van der Waals surface area contributed by atoms with Gasteiger partial charge in [-0.05, 0) is 77.4 Å². The van der Waals surface area contributed by atoms with Crippen LogP contribution < -0.4 is 0 Å². The highest BCUT2D eigenvalue weighted by Gasteiger charge is 2.35. The summed E-state index contributed by atoms with van der Waals surface area (Å²) in [5.41, 5.74) is 0.229. The van der Waals surface area contributed by atoms with Gasteiger partial charge in [0.1, 0.15) is 4.91 Å². The monoisotopic (exact) mass is 431 g/mol. The third-order valence-corrected chi connectivity index (χ3v) is 6.44. The molecule has 0 bridgehead atoms. The molecule has 0 spiro atoms. The van der Waals surface area contributed by atoms with Gasteiger partial charge in [-0.2, -0.15) is 0 Å². The van der Waals surface area contributed by atoms with Crippen LogP contribution in [0.25, 0.3) is 0 Å². The van der Waals surface area contributed by atoms with Crippen molar-refractivity contribution in [3.8, 4) is 11.8 Å². The molecule has 2 saturated carbocycles. The Labute approximate surface area is 187 Å². The van der Waals surface area contributed by atoms with Crippen LogP contribution in [0.3, 0.4) is 0 Å². The first kappa shape index (κ1) is 24.6. The molecule has 0 aromatic heterocycles. The van der Waals surface area contributed by atoms with Crippen molar-refractivity contribution >= 4 is 24.5 Å². The number of carbonyl (C=O) groups is 2. The van der Waals surface area contributed by atoms with Crippen LogP contribution in [0.2, 0.25) is 0 Å². The number of carbonyl (C=O) groups excluding carboxylic acids is 1. The first-order valence-corrected chi connectivity index (χ1v) is 11.7. The number of allylic oxidation sites excluding steroid dienone is 2. The maximum Gasteiger partial charge on any atom is 0.344 e. The molecule has 4 nitrogen and oxygen atoms in total. The van der Waals surface area contributed by atoms with Crippen LogP contribution in [-0.4, -0.2) is 27.9 Å². The largest absolute Gasteiger partial charge is 0.477 e. The smallest absolute Gasteiger partial charge is 0.344 e. The molecule has 0 radical (unpaired) electrons. The van der Waals surface area contributed by atoms with Gasteiger partial charge < -0.3 is 10.0 Å². The minimum atomic E-state index is -1.12. The lowest BCUT2D eigenvalue weighted by Crippen LogP contribution is -2.44. The summed E-state index contributed by atoms with van der Waals surface area (Å²) in [6.45, 7) is 8.30. The van der Waals surface area contributed by atoms with Gasteiger partial charge in [0.15, 0.2) is 0 Å². The van der Waals surface area contributed by atoms with Crippen LogP contribution in [0, 0.1) is 29.1 Å². The Bertz CT molecular complexity index is 737. The van der Waals surface area contributed by atoms with Gasteiger partial charge >= 0.3 is 5.97 Å². The van der Waals surface area contributed by atoms with Crippen LogP contribution in [0.15, 0.2) is 22.8 Å². The van der Waals surface area contributed by atoms with Crippen molar-refractivity contribution in [1.82, 2.24) is 4.90 Å². The summed E-state index contributed by atoms with van der Waals surface area (Å²) in [5, 5.41) is 9.67. The van der Waals surface area contributed by atoms with Crippen molar-refractivity contribution in [2.75, 3.05) is 0 Å². The topological polar surface area (TPSA) is 57.6 Å². The molecule has 5 heteroatoms. The zero-order chi connectivity index (χ0) is 22.3. The molecule has 1 amide bonds. The molecule has 0 unspecified atom stereocenters. The molecular weight excluding hydrogens is 394 g/mol. The summed E-state index contributed by atoms with van der Waals surface area (Å²) in [6.07, 6.45) is 12.3. The highest BCUT2D eigenvalue weighted by Crippen LogP contribution is 2.35. The summed E-state index contributed by atoms with van der Waals surface area (Å²) in [7, 11) is 0. The SMILES string of the molecule is CC1CCC(C(=O)N(C(/C=C/C#CC(C)(C)C)=C(/S)C(=O)O)C2CCCCC2)CC1. The zero-order valence-electron chi connectivity index (χ0n) is 18.9. The maximum atomic E-state index is 13.7. The van der Waals surface area contributed by atoms with Gasteiger partial charge in [-0.25, -0.2) is 4.79 Å².